The number of amides is 1. The lowest BCUT2D eigenvalue weighted by Crippen LogP contribution is -2.45. The number of ether oxygens (including phenoxy) is 1. The van der Waals surface area contributed by atoms with Crippen LogP contribution in [0.2, 0.25) is 0 Å². The Balaban J connectivity index is 2.19. The molecule has 1 fully saturated rings. The van der Waals surface area contributed by atoms with Gasteiger partial charge < -0.3 is 15.8 Å². The molecule has 102 valence electrons. The van der Waals surface area contributed by atoms with Gasteiger partial charge in [-0.1, -0.05) is 24.4 Å². The minimum atomic E-state index is -0.950. The maximum atomic E-state index is 13.7. The second-order valence-electron chi connectivity index (χ2n) is 4.25. The number of thiocarbonyl (C=S) groups is 1. The summed E-state index contributed by atoms with van der Waals surface area (Å²) in [5.74, 6) is -2.13. The van der Waals surface area contributed by atoms with E-state index in [0.29, 0.717) is 11.5 Å². The lowest BCUT2D eigenvalue weighted by molar-refractivity contribution is 0.124. The number of hydrogen-bond acceptors (Lipinski definition) is 3. The number of primary amides is 1. The SMILES string of the molecule is NC(=O)O[C@H]1C[C@@H](c2cccc(F)c2F)CNC1=S. The van der Waals surface area contributed by atoms with Gasteiger partial charge >= 0.3 is 6.09 Å². The number of nitrogens with one attached hydrogen (secondary N) is 1. The highest BCUT2D eigenvalue weighted by Gasteiger charge is 2.31. The molecular formula is C12H12F2N2O2S. The Hall–Kier alpha value is -1.76. The van der Waals surface area contributed by atoms with E-state index in [0.717, 1.165) is 6.07 Å². The first-order chi connectivity index (χ1) is 8.99. The molecule has 3 N–H and O–H groups in total. The molecule has 1 aromatic rings. The van der Waals surface area contributed by atoms with E-state index in [4.69, 9.17) is 22.7 Å². The van der Waals surface area contributed by atoms with E-state index in [1.165, 1.54) is 12.1 Å². The van der Waals surface area contributed by atoms with Crippen LogP contribution in [0.15, 0.2) is 18.2 Å². The minimum absolute atomic E-state index is 0.230. The highest BCUT2D eigenvalue weighted by Crippen LogP contribution is 2.28. The van der Waals surface area contributed by atoms with Crippen molar-refractivity contribution in [3.63, 3.8) is 0 Å². The summed E-state index contributed by atoms with van der Waals surface area (Å²) < 4.78 is 31.7. The molecule has 2 atom stereocenters. The van der Waals surface area contributed by atoms with Crippen molar-refractivity contribution >= 4 is 23.3 Å². The van der Waals surface area contributed by atoms with Gasteiger partial charge in [-0.2, -0.15) is 0 Å². The molecular weight excluding hydrogens is 274 g/mol. The monoisotopic (exact) mass is 286 g/mol. The van der Waals surface area contributed by atoms with Gasteiger partial charge in [0.05, 0.1) is 0 Å². The number of benzene rings is 1. The Kier molecular flexibility index (Phi) is 3.94. The van der Waals surface area contributed by atoms with Crippen LogP contribution in [0.4, 0.5) is 13.6 Å². The molecule has 0 saturated carbocycles. The van der Waals surface area contributed by atoms with Crippen molar-refractivity contribution in [2.45, 2.75) is 18.4 Å². The minimum Gasteiger partial charge on any atom is -0.439 e. The molecule has 1 saturated heterocycles. The molecule has 1 aliphatic rings. The maximum Gasteiger partial charge on any atom is 0.405 e. The van der Waals surface area contributed by atoms with Gasteiger partial charge in [0.2, 0.25) is 0 Å². The quantitative estimate of drug-likeness (QED) is 0.814. The summed E-state index contributed by atoms with van der Waals surface area (Å²) >= 11 is 5.00. The smallest absolute Gasteiger partial charge is 0.405 e. The molecule has 4 nitrogen and oxygen atoms in total. The molecule has 19 heavy (non-hydrogen) atoms. The first-order valence-corrected chi connectivity index (χ1v) is 6.07. The van der Waals surface area contributed by atoms with Crippen molar-refractivity contribution in [1.82, 2.24) is 5.32 Å². The van der Waals surface area contributed by atoms with Crippen LogP contribution in [-0.4, -0.2) is 23.7 Å². The molecule has 0 radical (unpaired) electrons. The molecule has 0 unspecified atom stereocenters. The van der Waals surface area contributed by atoms with Crippen LogP contribution in [0.25, 0.3) is 0 Å². The van der Waals surface area contributed by atoms with Crippen LogP contribution in [0.5, 0.6) is 0 Å². The van der Waals surface area contributed by atoms with Crippen molar-refractivity contribution in [3.05, 3.63) is 35.4 Å². The maximum absolute atomic E-state index is 13.7. The summed E-state index contributed by atoms with van der Waals surface area (Å²) in [6.07, 6.45) is -1.39. The van der Waals surface area contributed by atoms with Crippen LogP contribution in [0, 0.1) is 11.6 Å². The Labute approximate surface area is 113 Å². The van der Waals surface area contributed by atoms with Gasteiger partial charge in [-0.25, -0.2) is 13.6 Å². The van der Waals surface area contributed by atoms with E-state index >= 15 is 0 Å². The second kappa shape index (κ2) is 5.48. The normalized spacial score (nSPS) is 22.7. The number of carbonyl (C=O) groups excluding carboxylic acids is 1. The lowest BCUT2D eigenvalue weighted by Gasteiger charge is -2.30. The molecule has 1 heterocycles. The summed E-state index contributed by atoms with van der Waals surface area (Å²) in [6.45, 7) is 0.359. The standard InChI is InChI=1S/C12H12F2N2O2S/c13-8-3-1-2-7(10(8)14)6-4-9(18-12(15)17)11(19)16-5-6/h1-3,6,9H,4-5H2,(H2,15,17)(H,16,19)/t6-,9+/m1/s1. The Morgan fingerprint density at radius 3 is 2.89 bits per heavy atom. The van der Waals surface area contributed by atoms with Crippen LogP contribution >= 0.6 is 12.2 Å². The van der Waals surface area contributed by atoms with Gasteiger partial charge in [0, 0.05) is 12.5 Å². The summed E-state index contributed by atoms with van der Waals surface area (Å²) in [4.78, 5) is 11.1. The fourth-order valence-corrected chi connectivity index (χ4v) is 2.33. The third-order valence-corrected chi connectivity index (χ3v) is 3.40. The molecule has 0 aliphatic carbocycles. The van der Waals surface area contributed by atoms with Gasteiger partial charge in [0.25, 0.3) is 0 Å². The number of carbonyl (C=O) groups is 1. The average molecular weight is 286 g/mol. The van der Waals surface area contributed by atoms with Gasteiger partial charge in [-0.15, -0.1) is 0 Å². The highest BCUT2D eigenvalue weighted by atomic mass is 32.1. The van der Waals surface area contributed by atoms with Crippen LogP contribution in [0.1, 0.15) is 17.9 Å². The molecule has 0 bridgehead atoms. The Morgan fingerprint density at radius 2 is 2.21 bits per heavy atom. The van der Waals surface area contributed by atoms with Crippen molar-refractivity contribution < 1.29 is 18.3 Å². The third-order valence-electron chi connectivity index (χ3n) is 2.99. The summed E-state index contributed by atoms with van der Waals surface area (Å²) in [5, 5.41) is 2.84. The summed E-state index contributed by atoms with van der Waals surface area (Å²) in [5.41, 5.74) is 5.17. The van der Waals surface area contributed by atoms with E-state index < -0.39 is 23.8 Å². The van der Waals surface area contributed by atoms with Gasteiger partial charge in [-0.3, -0.25) is 0 Å². The van der Waals surface area contributed by atoms with Crippen molar-refractivity contribution in [2.24, 2.45) is 5.73 Å². The Bertz CT molecular complexity index is 524. The lowest BCUT2D eigenvalue weighted by atomic mass is 9.89. The largest absolute Gasteiger partial charge is 0.439 e. The van der Waals surface area contributed by atoms with Gasteiger partial charge in [0.1, 0.15) is 4.99 Å². The zero-order valence-electron chi connectivity index (χ0n) is 9.86. The third kappa shape index (κ3) is 2.98. The van der Waals surface area contributed by atoms with Crippen LogP contribution in [0.3, 0.4) is 0 Å². The van der Waals surface area contributed by atoms with Crippen molar-refractivity contribution in [1.29, 1.82) is 0 Å². The van der Waals surface area contributed by atoms with Gasteiger partial charge in [-0.05, 0) is 18.1 Å². The molecule has 0 aromatic heterocycles. The van der Waals surface area contributed by atoms with E-state index in [9.17, 15) is 13.6 Å². The fraction of sp³-hybridized carbons (Fsp3) is 0.333. The average Bonchev–Trinajstić information content (AvgIpc) is 2.35. The Morgan fingerprint density at radius 1 is 1.47 bits per heavy atom. The van der Waals surface area contributed by atoms with Crippen molar-refractivity contribution in [2.75, 3.05) is 6.54 Å². The van der Waals surface area contributed by atoms with E-state index in [1.807, 2.05) is 0 Å². The first kappa shape index (κ1) is 13.7. The summed E-state index contributed by atoms with van der Waals surface area (Å²) in [7, 11) is 0. The predicted molar refractivity (Wildman–Crippen MR) is 68.8 cm³/mol. The van der Waals surface area contributed by atoms with E-state index in [-0.39, 0.29) is 17.9 Å². The predicted octanol–water partition coefficient (Wildman–Crippen LogP) is 1.83. The molecule has 1 aromatic carbocycles. The van der Waals surface area contributed by atoms with Crippen LogP contribution < -0.4 is 11.1 Å². The molecule has 1 amide bonds. The fourth-order valence-electron chi connectivity index (χ4n) is 2.10. The molecule has 7 heteroatoms. The topological polar surface area (TPSA) is 64.4 Å². The molecule has 1 aliphatic heterocycles. The number of piperidine rings is 1. The van der Waals surface area contributed by atoms with E-state index in [2.05, 4.69) is 5.32 Å². The highest BCUT2D eigenvalue weighted by molar-refractivity contribution is 7.80. The first-order valence-electron chi connectivity index (χ1n) is 5.66. The van der Waals surface area contributed by atoms with Crippen LogP contribution in [-0.2, 0) is 4.74 Å². The second-order valence-corrected chi connectivity index (χ2v) is 4.69. The molecule has 0 spiro atoms. The van der Waals surface area contributed by atoms with E-state index in [1.54, 1.807) is 0 Å². The summed E-state index contributed by atoms with van der Waals surface area (Å²) in [6, 6.07) is 3.99. The zero-order valence-corrected chi connectivity index (χ0v) is 10.7. The number of rotatable bonds is 2. The van der Waals surface area contributed by atoms with Crippen molar-refractivity contribution in [3.8, 4) is 0 Å². The number of halogens is 2. The number of nitrogens with two attached hydrogens (primary N) is 1. The zero-order chi connectivity index (χ0) is 14.0. The number of hydrogen-bond donors (Lipinski definition) is 2. The van der Waals surface area contributed by atoms with Gasteiger partial charge in [0.15, 0.2) is 17.7 Å². The molecule has 2 rings (SSSR count).